The standard InChI is InChI=1S/C21H25ClN4O4/c1-14(26-19(29)21(23-20(26)30)7-2-3-8-21)17(27)24-9-11-25(12-10-24)18(28)15-5-4-6-16(22)13-15/h4-6,13-14H,2-3,7-12H2,1H3,(H,23,30). The highest BCUT2D eigenvalue weighted by atomic mass is 35.5. The van der Waals surface area contributed by atoms with Gasteiger partial charge in [0.05, 0.1) is 0 Å². The van der Waals surface area contributed by atoms with Crippen molar-refractivity contribution >= 4 is 35.4 Å². The molecule has 4 rings (SSSR count). The van der Waals surface area contributed by atoms with E-state index in [1.54, 1.807) is 41.0 Å². The van der Waals surface area contributed by atoms with Gasteiger partial charge in [-0.3, -0.25) is 14.4 Å². The first-order valence-electron chi connectivity index (χ1n) is 10.3. The van der Waals surface area contributed by atoms with Crippen molar-refractivity contribution in [3.63, 3.8) is 0 Å². The van der Waals surface area contributed by atoms with Crippen molar-refractivity contribution in [3.8, 4) is 0 Å². The minimum atomic E-state index is -0.868. The van der Waals surface area contributed by atoms with Crippen LogP contribution in [0, 0.1) is 0 Å². The summed E-state index contributed by atoms with van der Waals surface area (Å²) in [5.41, 5.74) is -0.315. The SMILES string of the molecule is CC(C(=O)N1CCN(C(=O)c2cccc(Cl)c2)CC1)N1C(=O)NC2(CCCC2)C1=O. The molecule has 8 nitrogen and oxygen atoms in total. The zero-order chi connectivity index (χ0) is 21.5. The van der Waals surface area contributed by atoms with E-state index in [9.17, 15) is 19.2 Å². The molecule has 9 heteroatoms. The van der Waals surface area contributed by atoms with Crippen LogP contribution in [-0.2, 0) is 9.59 Å². The van der Waals surface area contributed by atoms with Gasteiger partial charge >= 0.3 is 6.03 Å². The van der Waals surface area contributed by atoms with Crippen LogP contribution >= 0.6 is 11.6 Å². The molecule has 1 spiro atoms. The highest BCUT2D eigenvalue weighted by Crippen LogP contribution is 2.36. The number of carbonyl (C=O) groups excluding carboxylic acids is 4. The minimum absolute atomic E-state index is 0.130. The van der Waals surface area contributed by atoms with Crippen LogP contribution in [0.5, 0.6) is 0 Å². The van der Waals surface area contributed by atoms with Crippen LogP contribution in [0.3, 0.4) is 0 Å². The van der Waals surface area contributed by atoms with Crippen molar-refractivity contribution in [2.75, 3.05) is 26.2 Å². The molecule has 1 unspecified atom stereocenters. The van der Waals surface area contributed by atoms with Crippen molar-refractivity contribution < 1.29 is 19.2 Å². The van der Waals surface area contributed by atoms with Gasteiger partial charge in [0.1, 0.15) is 11.6 Å². The molecule has 1 aliphatic carbocycles. The number of piperazine rings is 1. The molecule has 0 aromatic heterocycles. The number of halogens is 1. The second-order valence-electron chi connectivity index (χ2n) is 8.20. The van der Waals surface area contributed by atoms with Gasteiger partial charge in [-0.25, -0.2) is 9.69 Å². The van der Waals surface area contributed by atoms with Crippen LogP contribution in [0.2, 0.25) is 5.02 Å². The van der Waals surface area contributed by atoms with E-state index in [1.165, 1.54) is 0 Å². The fourth-order valence-electron chi connectivity index (χ4n) is 4.62. The molecule has 3 fully saturated rings. The van der Waals surface area contributed by atoms with E-state index >= 15 is 0 Å². The Labute approximate surface area is 180 Å². The lowest BCUT2D eigenvalue weighted by molar-refractivity contribution is -0.143. The topological polar surface area (TPSA) is 90.0 Å². The summed E-state index contributed by atoms with van der Waals surface area (Å²) in [5, 5.41) is 3.31. The number of nitrogens with one attached hydrogen (secondary N) is 1. The highest BCUT2D eigenvalue weighted by molar-refractivity contribution is 6.31. The van der Waals surface area contributed by atoms with E-state index in [0.717, 1.165) is 17.7 Å². The normalized spacial score (nSPS) is 21.9. The maximum atomic E-state index is 13.0. The molecule has 3 aliphatic rings. The van der Waals surface area contributed by atoms with Gasteiger partial charge < -0.3 is 15.1 Å². The van der Waals surface area contributed by atoms with Gasteiger partial charge in [-0.15, -0.1) is 0 Å². The number of nitrogens with zero attached hydrogens (tertiary/aromatic N) is 3. The third-order valence-corrected chi connectivity index (χ3v) is 6.58. The summed E-state index contributed by atoms with van der Waals surface area (Å²) in [6.45, 7) is 3.06. The molecule has 30 heavy (non-hydrogen) atoms. The van der Waals surface area contributed by atoms with Crippen LogP contribution in [0.4, 0.5) is 4.79 Å². The lowest BCUT2D eigenvalue weighted by atomic mass is 9.97. The zero-order valence-corrected chi connectivity index (χ0v) is 17.7. The Morgan fingerprint density at radius 2 is 1.70 bits per heavy atom. The van der Waals surface area contributed by atoms with Crippen LogP contribution in [0.1, 0.15) is 43.0 Å². The summed E-state index contributed by atoms with van der Waals surface area (Å²) in [4.78, 5) is 55.4. The van der Waals surface area contributed by atoms with Crippen molar-refractivity contribution in [1.82, 2.24) is 20.0 Å². The van der Waals surface area contributed by atoms with Gasteiger partial charge in [0.25, 0.3) is 11.8 Å². The van der Waals surface area contributed by atoms with Crippen LogP contribution in [0.15, 0.2) is 24.3 Å². The maximum absolute atomic E-state index is 13.0. The number of hydrogen-bond donors (Lipinski definition) is 1. The molecule has 2 saturated heterocycles. The van der Waals surface area contributed by atoms with Crippen molar-refractivity contribution in [2.24, 2.45) is 0 Å². The molecular weight excluding hydrogens is 408 g/mol. The van der Waals surface area contributed by atoms with E-state index in [1.807, 2.05) is 0 Å². The Bertz CT molecular complexity index is 891. The molecule has 2 aliphatic heterocycles. The Hall–Kier alpha value is -2.61. The van der Waals surface area contributed by atoms with Crippen molar-refractivity contribution in [3.05, 3.63) is 34.9 Å². The number of rotatable bonds is 3. The molecule has 1 aromatic carbocycles. The van der Waals surface area contributed by atoms with E-state index in [-0.39, 0.29) is 17.7 Å². The average Bonchev–Trinajstić information content (AvgIpc) is 3.31. The number of imide groups is 1. The molecule has 0 bridgehead atoms. The third kappa shape index (κ3) is 3.53. The first-order valence-corrected chi connectivity index (χ1v) is 10.7. The first-order chi connectivity index (χ1) is 14.3. The van der Waals surface area contributed by atoms with Gasteiger partial charge in [-0.05, 0) is 38.0 Å². The van der Waals surface area contributed by atoms with E-state index < -0.39 is 17.6 Å². The lowest BCUT2D eigenvalue weighted by Gasteiger charge is -2.37. The lowest BCUT2D eigenvalue weighted by Crippen LogP contribution is -2.56. The summed E-state index contributed by atoms with van der Waals surface area (Å²) in [5.74, 6) is -0.695. The summed E-state index contributed by atoms with van der Waals surface area (Å²) < 4.78 is 0. The summed E-state index contributed by atoms with van der Waals surface area (Å²) in [7, 11) is 0. The molecule has 2 heterocycles. The molecule has 5 amide bonds. The number of urea groups is 1. The molecule has 1 aromatic rings. The van der Waals surface area contributed by atoms with Gasteiger partial charge in [-0.1, -0.05) is 30.5 Å². The summed E-state index contributed by atoms with van der Waals surface area (Å²) in [6.07, 6.45) is 3.04. The fourth-order valence-corrected chi connectivity index (χ4v) is 4.81. The molecule has 0 radical (unpaired) electrons. The van der Waals surface area contributed by atoms with Gasteiger partial charge in [0.15, 0.2) is 0 Å². The smallest absolute Gasteiger partial charge is 0.325 e. The molecule has 1 N–H and O–H groups in total. The fraction of sp³-hybridized carbons (Fsp3) is 0.524. The van der Waals surface area contributed by atoms with Crippen LogP contribution in [-0.4, -0.2) is 76.2 Å². The quantitative estimate of drug-likeness (QED) is 0.738. The predicted octanol–water partition coefficient (Wildman–Crippen LogP) is 1.88. The number of benzene rings is 1. The van der Waals surface area contributed by atoms with Gasteiger partial charge in [0, 0.05) is 36.8 Å². The third-order valence-electron chi connectivity index (χ3n) is 6.35. The monoisotopic (exact) mass is 432 g/mol. The highest BCUT2D eigenvalue weighted by Gasteiger charge is 2.54. The summed E-state index contributed by atoms with van der Waals surface area (Å²) in [6, 6.07) is 5.42. The molecule has 1 atom stereocenters. The van der Waals surface area contributed by atoms with Gasteiger partial charge in [-0.2, -0.15) is 0 Å². The van der Waals surface area contributed by atoms with Crippen LogP contribution < -0.4 is 5.32 Å². The van der Waals surface area contributed by atoms with Gasteiger partial charge in [0.2, 0.25) is 5.91 Å². The summed E-state index contributed by atoms with van der Waals surface area (Å²) >= 11 is 5.97. The molecule has 160 valence electrons. The number of carbonyl (C=O) groups is 4. The Morgan fingerprint density at radius 3 is 2.33 bits per heavy atom. The number of hydrogen-bond acceptors (Lipinski definition) is 4. The maximum Gasteiger partial charge on any atom is 0.325 e. The number of amides is 5. The average molecular weight is 433 g/mol. The Kier molecular flexibility index (Phi) is 5.44. The zero-order valence-electron chi connectivity index (χ0n) is 16.9. The molecular formula is C21H25ClN4O4. The largest absolute Gasteiger partial charge is 0.337 e. The van der Waals surface area contributed by atoms with Crippen LogP contribution in [0.25, 0.3) is 0 Å². The van der Waals surface area contributed by atoms with Crippen molar-refractivity contribution in [2.45, 2.75) is 44.2 Å². The second kappa shape index (κ2) is 7.91. The minimum Gasteiger partial charge on any atom is -0.337 e. The second-order valence-corrected chi connectivity index (χ2v) is 8.63. The van der Waals surface area contributed by atoms with E-state index in [4.69, 9.17) is 11.6 Å². The first kappa shape index (κ1) is 20.7. The van der Waals surface area contributed by atoms with E-state index in [0.29, 0.717) is 49.6 Å². The Balaban J connectivity index is 1.38. The molecule has 1 saturated carbocycles. The van der Waals surface area contributed by atoms with E-state index in [2.05, 4.69) is 5.32 Å². The van der Waals surface area contributed by atoms with Crippen molar-refractivity contribution in [1.29, 1.82) is 0 Å². The predicted molar refractivity (Wildman–Crippen MR) is 110 cm³/mol. The Morgan fingerprint density at radius 1 is 1.07 bits per heavy atom.